The molecule has 2 aromatic rings. The summed E-state index contributed by atoms with van der Waals surface area (Å²) in [7, 11) is 0. The van der Waals surface area contributed by atoms with Gasteiger partial charge in [0.05, 0.1) is 6.54 Å². The Morgan fingerprint density at radius 3 is 2.60 bits per heavy atom. The number of hydrogen-bond donors (Lipinski definition) is 2. The molecule has 78 valence electrons. The average molecular weight is 203 g/mol. The van der Waals surface area contributed by atoms with Gasteiger partial charge in [-0.25, -0.2) is 15.0 Å². The van der Waals surface area contributed by atoms with Crippen molar-refractivity contribution in [1.29, 1.82) is 0 Å². The van der Waals surface area contributed by atoms with Crippen LogP contribution in [-0.2, 0) is 6.54 Å². The van der Waals surface area contributed by atoms with Crippen LogP contribution in [0.5, 0.6) is 0 Å². The van der Waals surface area contributed by atoms with Crippen LogP contribution in [0.15, 0.2) is 18.5 Å². The van der Waals surface area contributed by atoms with Crippen LogP contribution in [0, 0.1) is 13.8 Å². The minimum absolute atomic E-state index is 0.607. The van der Waals surface area contributed by atoms with Gasteiger partial charge in [-0.1, -0.05) is 0 Å². The van der Waals surface area contributed by atoms with E-state index >= 15 is 0 Å². The third-order valence-corrected chi connectivity index (χ3v) is 1.95. The third kappa shape index (κ3) is 2.52. The van der Waals surface area contributed by atoms with E-state index in [1.807, 2.05) is 19.9 Å². The summed E-state index contributed by atoms with van der Waals surface area (Å²) in [5.74, 6) is 1.52. The van der Waals surface area contributed by atoms with Crippen LogP contribution < -0.4 is 5.32 Å². The fourth-order valence-corrected chi connectivity index (χ4v) is 1.36. The van der Waals surface area contributed by atoms with E-state index in [1.54, 1.807) is 12.4 Å². The minimum atomic E-state index is 0.607. The summed E-state index contributed by atoms with van der Waals surface area (Å²) in [6.07, 6.45) is 3.51. The van der Waals surface area contributed by atoms with Gasteiger partial charge in [-0.2, -0.15) is 0 Å². The maximum absolute atomic E-state index is 4.27. The fourth-order valence-electron chi connectivity index (χ4n) is 1.36. The van der Waals surface area contributed by atoms with Crippen molar-refractivity contribution < 1.29 is 0 Å². The lowest BCUT2D eigenvalue weighted by Gasteiger charge is -2.04. The molecule has 0 bridgehead atoms. The van der Waals surface area contributed by atoms with Gasteiger partial charge in [0.2, 0.25) is 5.95 Å². The smallest absolute Gasteiger partial charge is 0.223 e. The molecule has 5 heteroatoms. The average Bonchev–Trinajstić information content (AvgIpc) is 2.65. The Bertz CT molecular complexity index is 415. The highest BCUT2D eigenvalue weighted by Crippen LogP contribution is 2.04. The van der Waals surface area contributed by atoms with Crippen molar-refractivity contribution in [2.45, 2.75) is 20.4 Å². The summed E-state index contributed by atoms with van der Waals surface area (Å²) < 4.78 is 0. The summed E-state index contributed by atoms with van der Waals surface area (Å²) in [5.41, 5.74) is 1.92. The maximum atomic E-state index is 4.27. The lowest BCUT2D eigenvalue weighted by atomic mass is 10.4. The van der Waals surface area contributed by atoms with Crippen LogP contribution in [0.25, 0.3) is 0 Å². The van der Waals surface area contributed by atoms with Gasteiger partial charge in [-0.15, -0.1) is 0 Å². The molecule has 0 aliphatic heterocycles. The first-order valence-electron chi connectivity index (χ1n) is 4.78. The molecule has 0 amide bonds. The Morgan fingerprint density at radius 1 is 1.27 bits per heavy atom. The number of H-pyrrole nitrogens is 1. The van der Waals surface area contributed by atoms with E-state index in [0.29, 0.717) is 12.5 Å². The van der Waals surface area contributed by atoms with Crippen LogP contribution >= 0.6 is 0 Å². The van der Waals surface area contributed by atoms with Crippen molar-refractivity contribution in [3.63, 3.8) is 0 Å². The summed E-state index contributed by atoms with van der Waals surface area (Å²) in [6, 6.07) is 1.94. The number of anilines is 1. The monoisotopic (exact) mass is 203 g/mol. The molecule has 0 aliphatic carbocycles. The van der Waals surface area contributed by atoms with Crippen molar-refractivity contribution in [3.05, 3.63) is 35.7 Å². The number of nitrogens with zero attached hydrogens (tertiary/aromatic N) is 3. The van der Waals surface area contributed by atoms with Gasteiger partial charge in [0.1, 0.15) is 5.82 Å². The van der Waals surface area contributed by atoms with Crippen molar-refractivity contribution in [2.75, 3.05) is 5.32 Å². The number of aromatic amines is 1. The molecule has 0 fully saturated rings. The molecular weight excluding hydrogens is 190 g/mol. The zero-order valence-corrected chi connectivity index (χ0v) is 8.78. The minimum Gasteiger partial charge on any atom is -0.347 e. The summed E-state index contributed by atoms with van der Waals surface area (Å²) >= 11 is 0. The Labute approximate surface area is 88.0 Å². The molecule has 0 aromatic carbocycles. The van der Waals surface area contributed by atoms with E-state index in [9.17, 15) is 0 Å². The molecule has 0 aliphatic rings. The number of aromatic nitrogens is 4. The van der Waals surface area contributed by atoms with Gasteiger partial charge >= 0.3 is 0 Å². The number of nitrogens with one attached hydrogen (secondary N) is 2. The summed E-state index contributed by atoms with van der Waals surface area (Å²) in [6.45, 7) is 4.51. The highest BCUT2D eigenvalue weighted by atomic mass is 15.1. The molecule has 0 spiro atoms. The molecule has 0 unspecified atom stereocenters. The highest BCUT2D eigenvalue weighted by molar-refractivity contribution is 5.27. The van der Waals surface area contributed by atoms with E-state index in [1.165, 1.54) is 0 Å². The molecule has 0 atom stereocenters. The van der Waals surface area contributed by atoms with E-state index in [-0.39, 0.29) is 0 Å². The van der Waals surface area contributed by atoms with Gasteiger partial charge in [0.15, 0.2) is 0 Å². The quantitative estimate of drug-likeness (QED) is 0.791. The summed E-state index contributed by atoms with van der Waals surface area (Å²) in [5, 5.41) is 3.11. The molecular formula is C10H13N5. The van der Waals surface area contributed by atoms with Gasteiger partial charge in [-0.05, 0) is 19.9 Å². The normalized spacial score (nSPS) is 10.3. The number of aryl methyl sites for hydroxylation is 2. The molecule has 2 aromatic heterocycles. The Kier molecular flexibility index (Phi) is 2.62. The van der Waals surface area contributed by atoms with E-state index in [2.05, 4.69) is 25.3 Å². The molecule has 2 heterocycles. The van der Waals surface area contributed by atoms with Crippen LogP contribution in [-0.4, -0.2) is 19.9 Å². The molecule has 0 saturated carbocycles. The van der Waals surface area contributed by atoms with Gasteiger partial charge < -0.3 is 10.3 Å². The standard InChI is InChI=1S/C10H13N5/c1-7-5-8(2)15-10(14-7)13-6-9-11-3-4-12-9/h3-5H,6H2,1-2H3,(H,11,12)(H,13,14,15). The second-order valence-corrected chi connectivity index (χ2v) is 3.36. The lowest BCUT2D eigenvalue weighted by molar-refractivity contribution is 0.950. The van der Waals surface area contributed by atoms with Gasteiger partial charge in [0, 0.05) is 23.8 Å². The third-order valence-electron chi connectivity index (χ3n) is 1.95. The second-order valence-electron chi connectivity index (χ2n) is 3.36. The van der Waals surface area contributed by atoms with Crippen molar-refractivity contribution in [3.8, 4) is 0 Å². The second kappa shape index (κ2) is 4.08. The topological polar surface area (TPSA) is 66.5 Å². The van der Waals surface area contributed by atoms with Crippen LogP contribution in [0.4, 0.5) is 5.95 Å². The lowest BCUT2D eigenvalue weighted by Crippen LogP contribution is -2.06. The predicted molar refractivity (Wildman–Crippen MR) is 57.4 cm³/mol. The van der Waals surface area contributed by atoms with Crippen molar-refractivity contribution in [1.82, 2.24) is 19.9 Å². The molecule has 2 N–H and O–H groups in total. The Hall–Kier alpha value is -1.91. The number of hydrogen-bond acceptors (Lipinski definition) is 4. The maximum Gasteiger partial charge on any atom is 0.223 e. The van der Waals surface area contributed by atoms with Crippen LogP contribution in [0.1, 0.15) is 17.2 Å². The van der Waals surface area contributed by atoms with Crippen LogP contribution in [0.2, 0.25) is 0 Å². The van der Waals surface area contributed by atoms with Crippen LogP contribution in [0.3, 0.4) is 0 Å². The zero-order valence-electron chi connectivity index (χ0n) is 8.78. The predicted octanol–water partition coefficient (Wildman–Crippen LogP) is 1.43. The Morgan fingerprint density at radius 2 is 2.00 bits per heavy atom. The fraction of sp³-hybridized carbons (Fsp3) is 0.300. The molecule has 5 nitrogen and oxygen atoms in total. The molecule has 2 rings (SSSR count). The first kappa shape index (κ1) is 9.64. The zero-order chi connectivity index (χ0) is 10.7. The van der Waals surface area contributed by atoms with E-state index in [0.717, 1.165) is 17.2 Å². The number of rotatable bonds is 3. The van der Waals surface area contributed by atoms with Gasteiger partial charge in [-0.3, -0.25) is 0 Å². The van der Waals surface area contributed by atoms with E-state index in [4.69, 9.17) is 0 Å². The van der Waals surface area contributed by atoms with Crippen molar-refractivity contribution >= 4 is 5.95 Å². The Balaban J connectivity index is 2.05. The largest absolute Gasteiger partial charge is 0.347 e. The van der Waals surface area contributed by atoms with Gasteiger partial charge in [0.25, 0.3) is 0 Å². The van der Waals surface area contributed by atoms with Crippen molar-refractivity contribution in [2.24, 2.45) is 0 Å². The first-order chi connectivity index (χ1) is 7.24. The highest BCUT2D eigenvalue weighted by Gasteiger charge is 1.99. The first-order valence-corrected chi connectivity index (χ1v) is 4.78. The SMILES string of the molecule is Cc1cc(C)nc(NCc2ncc[nH]2)n1. The van der Waals surface area contributed by atoms with E-state index < -0.39 is 0 Å². The molecule has 0 radical (unpaired) electrons. The number of imidazole rings is 1. The molecule has 0 saturated heterocycles. The molecule has 15 heavy (non-hydrogen) atoms. The summed E-state index contributed by atoms with van der Waals surface area (Å²) in [4.78, 5) is 15.6.